The minimum atomic E-state index is -0.628. The van der Waals surface area contributed by atoms with Gasteiger partial charge in [0, 0.05) is 24.2 Å². The van der Waals surface area contributed by atoms with Gasteiger partial charge in [-0.15, -0.1) is 0 Å². The van der Waals surface area contributed by atoms with Crippen LogP contribution in [0.5, 0.6) is 0 Å². The van der Waals surface area contributed by atoms with Gasteiger partial charge in [-0.3, -0.25) is 9.69 Å². The summed E-state index contributed by atoms with van der Waals surface area (Å²) in [5.41, 5.74) is 1.50. The van der Waals surface area contributed by atoms with E-state index in [1.54, 1.807) is 12.1 Å². The van der Waals surface area contributed by atoms with Crippen LogP contribution in [-0.2, 0) is 19.6 Å². The first-order valence-electron chi connectivity index (χ1n) is 10.5. The molecule has 0 spiro atoms. The van der Waals surface area contributed by atoms with Crippen molar-refractivity contribution in [1.82, 2.24) is 15.2 Å². The van der Waals surface area contributed by atoms with Gasteiger partial charge in [-0.1, -0.05) is 36.4 Å². The van der Waals surface area contributed by atoms with E-state index in [-0.39, 0.29) is 31.4 Å². The van der Waals surface area contributed by atoms with E-state index in [0.717, 1.165) is 11.6 Å². The molecule has 1 unspecified atom stereocenters. The zero-order valence-corrected chi connectivity index (χ0v) is 18.0. The minimum absolute atomic E-state index is 0.126. The van der Waals surface area contributed by atoms with E-state index >= 15 is 0 Å². The first-order valence-corrected chi connectivity index (χ1v) is 10.5. The van der Waals surface area contributed by atoms with Gasteiger partial charge < -0.3 is 14.2 Å². The molecule has 0 aliphatic heterocycles. The fourth-order valence-electron chi connectivity index (χ4n) is 3.47. The number of nitrogens with one attached hydrogen (secondary N) is 1. The summed E-state index contributed by atoms with van der Waals surface area (Å²) >= 11 is 0. The van der Waals surface area contributed by atoms with Crippen LogP contribution >= 0.6 is 0 Å². The van der Waals surface area contributed by atoms with Crippen molar-refractivity contribution in [3.8, 4) is 0 Å². The monoisotopic (exact) mass is 451 g/mol. The van der Waals surface area contributed by atoms with E-state index in [4.69, 9.17) is 8.83 Å². The van der Waals surface area contributed by atoms with Crippen LogP contribution in [0.2, 0.25) is 0 Å². The molecule has 170 valence electrons. The molecule has 0 fully saturated rings. The first kappa shape index (κ1) is 22.4. The Labute approximate surface area is 189 Å². The number of rotatable bonds is 9. The molecule has 2 heterocycles. The van der Waals surface area contributed by atoms with Gasteiger partial charge in [0.25, 0.3) is 5.91 Å². The molecular formula is C25H23F2N3O3. The number of benzene rings is 2. The smallest absolute Gasteiger partial charge is 0.273 e. The van der Waals surface area contributed by atoms with Crippen molar-refractivity contribution in [2.24, 2.45) is 0 Å². The second-order valence-corrected chi connectivity index (χ2v) is 7.62. The summed E-state index contributed by atoms with van der Waals surface area (Å²) in [6, 6.07) is 16.6. The van der Waals surface area contributed by atoms with Crippen molar-refractivity contribution in [2.45, 2.75) is 32.6 Å². The van der Waals surface area contributed by atoms with Crippen LogP contribution in [0.4, 0.5) is 8.78 Å². The summed E-state index contributed by atoms with van der Waals surface area (Å²) in [4.78, 5) is 18.6. The molecule has 6 nitrogen and oxygen atoms in total. The van der Waals surface area contributed by atoms with E-state index < -0.39 is 17.5 Å². The normalized spacial score (nSPS) is 12.1. The SMILES string of the molecule is CC(c1ccccc1)N(Cc1nc(C(=O)NCc2ccco2)co1)Cc1ccc(F)cc1F. The molecule has 0 radical (unpaired) electrons. The maximum absolute atomic E-state index is 14.4. The maximum Gasteiger partial charge on any atom is 0.273 e. The van der Waals surface area contributed by atoms with Crippen LogP contribution in [0.15, 0.2) is 82.0 Å². The summed E-state index contributed by atoms with van der Waals surface area (Å²) in [6.07, 6.45) is 2.82. The van der Waals surface area contributed by atoms with Crippen molar-refractivity contribution in [1.29, 1.82) is 0 Å². The van der Waals surface area contributed by atoms with Crippen molar-refractivity contribution in [3.05, 3.63) is 113 Å². The molecule has 2 aromatic carbocycles. The lowest BCUT2D eigenvalue weighted by Crippen LogP contribution is -2.27. The van der Waals surface area contributed by atoms with Gasteiger partial charge in [-0.05, 0) is 30.7 Å². The number of nitrogens with zero attached hydrogens (tertiary/aromatic N) is 2. The highest BCUT2D eigenvalue weighted by Crippen LogP contribution is 2.25. The average molecular weight is 451 g/mol. The zero-order valence-electron chi connectivity index (χ0n) is 18.0. The maximum atomic E-state index is 14.4. The molecule has 33 heavy (non-hydrogen) atoms. The third kappa shape index (κ3) is 5.72. The molecule has 1 atom stereocenters. The predicted octanol–water partition coefficient (Wildman–Crippen LogP) is 5.24. The Morgan fingerprint density at radius 3 is 2.61 bits per heavy atom. The number of carbonyl (C=O) groups is 1. The highest BCUT2D eigenvalue weighted by Gasteiger charge is 2.21. The molecule has 4 aromatic rings. The Morgan fingerprint density at radius 2 is 1.88 bits per heavy atom. The van der Waals surface area contributed by atoms with Gasteiger partial charge in [0.1, 0.15) is 23.7 Å². The Kier molecular flexibility index (Phi) is 6.95. The standard InChI is InChI=1S/C25H23F2N3O3/c1-17(18-6-3-2-4-7-18)30(14-19-9-10-20(26)12-22(19)27)15-24-29-23(16-33-24)25(31)28-13-21-8-5-11-32-21/h2-12,16-17H,13-15H2,1H3,(H,28,31). The molecule has 0 saturated heterocycles. The topological polar surface area (TPSA) is 71.5 Å². The van der Waals surface area contributed by atoms with Crippen molar-refractivity contribution in [2.75, 3.05) is 0 Å². The van der Waals surface area contributed by atoms with E-state index in [2.05, 4.69) is 10.3 Å². The van der Waals surface area contributed by atoms with Crippen LogP contribution in [0.3, 0.4) is 0 Å². The molecule has 2 aromatic heterocycles. The summed E-state index contributed by atoms with van der Waals surface area (Å²) in [6.45, 7) is 2.63. The van der Waals surface area contributed by atoms with E-state index in [0.29, 0.717) is 17.2 Å². The molecule has 0 aliphatic carbocycles. The molecule has 8 heteroatoms. The van der Waals surface area contributed by atoms with E-state index in [9.17, 15) is 13.6 Å². The van der Waals surface area contributed by atoms with Crippen LogP contribution in [0.1, 0.15) is 46.2 Å². The molecule has 0 bridgehead atoms. The Morgan fingerprint density at radius 1 is 1.06 bits per heavy atom. The molecule has 0 saturated carbocycles. The van der Waals surface area contributed by atoms with E-state index in [1.165, 1.54) is 24.7 Å². The largest absolute Gasteiger partial charge is 0.467 e. The Bertz CT molecular complexity index is 1190. The van der Waals surface area contributed by atoms with Gasteiger partial charge in [0.15, 0.2) is 5.69 Å². The summed E-state index contributed by atoms with van der Waals surface area (Å²) in [5, 5.41) is 2.72. The second-order valence-electron chi connectivity index (χ2n) is 7.62. The van der Waals surface area contributed by atoms with Crippen LogP contribution < -0.4 is 5.32 Å². The molecule has 0 aliphatic rings. The number of oxazole rings is 1. The molecule has 1 amide bonds. The van der Waals surface area contributed by atoms with Gasteiger partial charge in [-0.25, -0.2) is 13.8 Å². The number of hydrogen-bond donors (Lipinski definition) is 1. The van der Waals surface area contributed by atoms with Crippen LogP contribution in [0, 0.1) is 11.6 Å². The summed E-state index contributed by atoms with van der Waals surface area (Å²) in [7, 11) is 0. The zero-order chi connectivity index (χ0) is 23.2. The number of halogens is 2. The Balaban J connectivity index is 1.50. The number of aromatic nitrogens is 1. The number of hydrogen-bond acceptors (Lipinski definition) is 5. The van der Waals surface area contributed by atoms with Crippen molar-refractivity contribution in [3.63, 3.8) is 0 Å². The fourth-order valence-corrected chi connectivity index (χ4v) is 3.47. The lowest BCUT2D eigenvalue weighted by atomic mass is 10.1. The highest BCUT2D eigenvalue weighted by molar-refractivity contribution is 5.91. The number of carbonyl (C=O) groups excluding carboxylic acids is 1. The third-order valence-corrected chi connectivity index (χ3v) is 5.34. The van der Waals surface area contributed by atoms with Crippen molar-refractivity contribution >= 4 is 5.91 Å². The quantitative estimate of drug-likeness (QED) is 0.377. The second kappa shape index (κ2) is 10.2. The van der Waals surface area contributed by atoms with Crippen LogP contribution in [-0.4, -0.2) is 15.8 Å². The van der Waals surface area contributed by atoms with Crippen LogP contribution in [0.25, 0.3) is 0 Å². The average Bonchev–Trinajstić information content (AvgIpc) is 3.51. The van der Waals surface area contributed by atoms with Gasteiger partial charge in [0.05, 0.1) is 19.4 Å². The third-order valence-electron chi connectivity index (χ3n) is 5.34. The van der Waals surface area contributed by atoms with E-state index in [1.807, 2.05) is 42.2 Å². The molecule has 1 N–H and O–H groups in total. The van der Waals surface area contributed by atoms with Crippen molar-refractivity contribution < 1.29 is 22.4 Å². The number of amides is 1. The fraction of sp³-hybridized carbons (Fsp3) is 0.200. The lowest BCUT2D eigenvalue weighted by molar-refractivity contribution is 0.0943. The Hall–Kier alpha value is -3.78. The summed E-state index contributed by atoms with van der Waals surface area (Å²) in [5.74, 6) is -0.712. The number of furan rings is 1. The van der Waals surface area contributed by atoms with Gasteiger partial charge in [-0.2, -0.15) is 0 Å². The predicted molar refractivity (Wildman–Crippen MR) is 117 cm³/mol. The first-order chi connectivity index (χ1) is 16.0. The molecule has 4 rings (SSSR count). The minimum Gasteiger partial charge on any atom is -0.467 e. The lowest BCUT2D eigenvalue weighted by Gasteiger charge is -2.28. The summed E-state index contributed by atoms with van der Waals surface area (Å²) < 4.78 is 38.5. The molecular weight excluding hydrogens is 428 g/mol. The van der Waals surface area contributed by atoms with Gasteiger partial charge in [0.2, 0.25) is 5.89 Å². The highest BCUT2D eigenvalue weighted by atomic mass is 19.1. The van der Waals surface area contributed by atoms with Gasteiger partial charge >= 0.3 is 0 Å².